The summed E-state index contributed by atoms with van der Waals surface area (Å²) < 4.78 is 33.9. The van der Waals surface area contributed by atoms with Crippen molar-refractivity contribution < 1.29 is 18.3 Å². The van der Waals surface area contributed by atoms with Crippen LogP contribution in [0.5, 0.6) is 0 Å². The zero-order valence-electron chi connectivity index (χ0n) is 18.4. The van der Waals surface area contributed by atoms with Gasteiger partial charge in [-0.1, -0.05) is 24.3 Å². The number of nitrogens with one attached hydrogen (secondary N) is 1. The average molecular weight is 469 g/mol. The summed E-state index contributed by atoms with van der Waals surface area (Å²) >= 11 is 1.49. The molecule has 1 saturated heterocycles. The van der Waals surface area contributed by atoms with E-state index in [1.807, 2.05) is 29.0 Å². The molecule has 2 atom stereocenters. The number of nitrogens with zero attached hydrogens (tertiary/aromatic N) is 1. The van der Waals surface area contributed by atoms with E-state index in [2.05, 4.69) is 22.3 Å². The van der Waals surface area contributed by atoms with Gasteiger partial charge < -0.3 is 10.1 Å². The first kappa shape index (κ1) is 22.2. The Balaban J connectivity index is 1.38. The van der Waals surface area contributed by atoms with Crippen LogP contribution in [0.2, 0.25) is 0 Å². The van der Waals surface area contributed by atoms with E-state index in [0.29, 0.717) is 17.7 Å². The van der Waals surface area contributed by atoms with Gasteiger partial charge in [0.25, 0.3) is 5.91 Å². The molecule has 1 spiro atoms. The van der Waals surface area contributed by atoms with Crippen molar-refractivity contribution in [1.29, 1.82) is 0 Å². The van der Waals surface area contributed by atoms with Gasteiger partial charge in [0.1, 0.15) is 11.6 Å². The number of likely N-dealkylation sites (tertiary alicyclic amines) is 1. The summed E-state index contributed by atoms with van der Waals surface area (Å²) in [4.78, 5) is 15.0. The molecule has 0 bridgehead atoms. The lowest BCUT2D eigenvalue weighted by Gasteiger charge is -2.44. The largest absolute Gasteiger partial charge is 0.378 e. The molecule has 3 aromatic rings. The Morgan fingerprint density at radius 3 is 2.70 bits per heavy atom. The van der Waals surface area contributed by atoms with E-state index in [0.717, 1.165) is 37.6 Å². The number of ether oxygens (including phenoxy) is 1. The summed E-state index contributed by atoms with van der Waals surface area (Å²) in [5.74, 6) is -0.906. The number of benzene rings is 2. The minimum atomic E-state index is -0.423. The third-order valence-corrected chi connectivity index (χ3v) is 7.84. The Morgan fingerprint density at radius 1 is 1.18 bits per heavy atom. The molecule has 172 valence electrons. The number of amides is 1. The molecule has 1 fully saturated rings. The van der Waals surface area contributed by atoms with Crippen LogP contribution < -0.4 is 5.32 Å². The minimum absolute atomic E-state index is 0.103. The fourth-order valence-corrected chi connectivity index (χ4v) is 6.20. The maximum absolute atomic E-state index is 14.2. The van der Waals surface area contributed by atoms with Crippen molar-refractivity contribution in [2.45, 2.75) is 36.9 Å². The quantitative estimate of drug-likeness (QED) is 0.569. The van der Waals surface area contributed by atoms with Gasteiger partial charge in [0.15, 0.2) is 0 Å². The van der Waals surface area contributed by atoms with Crippen molar-refractivity contribution in [2.24, 2.45) is 0 Å². The van der Waals surface area contributed by atoms with Crippen LogP contribution in [0.3, 0.4) is 0 Å². The molecular weight excluding hydrogens is 442 g/mol. The van der Waals surface area contributed by atoms with Crippen LogP contribution in [0.15, 0.2) is 59.3 Å². The number of carbonyl (C=O) groups excluding carboxylic acids is 1. The number of methoxy groups -OCH3 is 1. The molecular formula is C26H26F2N2O2S. The number of carbonyl (C=O) groups is 1. The van der Waals surface area contributed by atoms with E-state index in [-0.39, 0.29) is 29.3 Å². The highest BCUT2D eigenvalue weighted by atomic mass is 32.1. The molecule has 1 N–H and O–H groups in total. The van der Waals surface area contributed by atoms with E-state index >= 15 is 0 Å². The Hall–Kier alpha value is -2.61. The lowest BCUT2D eigenvalue weighted by atomic mass is 9.71. The predicted molar refractivity (Wildman–Crippen MR) is 124 cm³/mol. The van der Waals surface area contributed by atoms with Gasteiger partial charge in [-0.3, -0.25) is 9.69 Å². The molecule has 1 aromatic heterocycles. The Morgan fingerprint density at radius 2 is 1.97 bits per heavy atom. The second-order valence-corrected chi connectivity index (χ2v) is 9.65. The highest BCUT2D eigenvalue weighted by Crippen LogP contribution is 2.52. The van der Waals surface area contributed by atoms with Crippen molar-refractivity contribution in [3.63, 3.8) is 0 Å². The van der Waals surface area contributed by atoms with Crippen LogP contribution in [0.25, 0.3) is 0 Å². The fraction of sp³-hybridized carbons (Fsp3) is 0.346. The second-order valence-electron chi connectivity index (χ2n) is 8.87. The van der Waals surface area contributed by atoms with Gasteiger partial charge in [-0.05, 0) is 66.7 Å². The first-order valence-electron chi connectivity index (χ1n) is 11.1. The summed E-state index contributed by atoms with van der Waals surface area (Å²) in [5.41, 5.74) is 3.10. The Bertz CT molecular complexity index is 1140. The highest BCUT2D eigenvalue weighted by Gasteiger charge is 2.54. The summed E-state index contributed by atoms with van der Waals surface area (Å²) in [6.45, 7) is 1.84. The number of hydrogen-bond acceptors (Lipinski definition) is 4. The topological polar surface area (TPSA) is 41.6 Å². The summed E-state index contributed by atoms with van der Waals surface area (Å²) in [6, 6.07) is 13.4. The standard InChI is InChI=1S/C26H26F2N2O2S/c1-32-24-23(29-25(31)17-8-13-33-16-17)20-4-2-3-5-21(20)26(24)9-11-30(12-10-26)15-18-14-19(27)6-7-22(18)28/h2-8,13-14,16,23-24H,9-12,15H2,1H3,(H,29,31)/t23-,24+/m0/s1. The van der Waals surface area contributed by atoms with Gasteiger partial charge in [-0.15, -0.1) is 0 Å². The lowest BCUT2D eigenvalue weighted by molar-refractivity contribution is -0.0123. The van der Waals surface area contributed by atoms with Crippen molar-refractivity contribution in [3.8, 4) is 0 Å². The molecule has 33 heavy (non-hydrogen) atoms. The first-order chi connectivity index (χ1) is 16.0. The average Bonchev–Trinajstić information content (AvgIpc) is 3.45. The van der Waals surface area contributed by atoms with Crippen LogP contribution in [0, 0.1) is 11.6 Å². The molecule has 0 radical (unpaired) electrons. The normalized spacial score (nSPS) is 21.8. The second kappa shape index (κ2) is 8.97. The molecule has 1 aliphatic carbocycles. The number of rotatable bonds is 5. The number of piperidine rings is 1. The van der Waals surface area contributed by atoms with Gasteiger partial charge in [0, 0.05) is 30.0 Å². The number of fused-ring (bicyclic) bond motifs is 2. The molecule has 4 nitrogen and oxygen atoms in total. The van der Waals surface area contributed by atoms with E-state index < -0.39 is 5.82 Å². The third kappa shape index (κ3) is 3.98. The zero-order chi connectivity index (χ0) is 23.0. The molecule has 1 amide bonds. The van der Waals surface area contributed by atoms with Crippen molar-refractivity contribution in [2.75, 3.05) is 20.2 Å². The molecule has 0 saturated carbocycles. The molecule has 7 heteroatoms. The Labute approximate surface area is 196 Å². The number of thiophene rings is 1. The Kier molecular flexibility index (Phi) is 6.03. The van der Waals surface area contributed by atoms with Crippen LogP contribution in [-0.4, -0.2) is 37.1 Å². The highest BCUT2D eigenvalue weighted by molar-refractivity contribution is 7.08. The number of hydrogen-bond donors (Lipinski definition) is 1. The van der Waals surface area contributed by atoms with E-state index in [1.54, 1.807) is 7.11 Å². The van der Waals surface area contributed by atoms with Crippen LogP contribution in [0.4, 0.5) is 8.78 Å². The van der Waals surface area contributed by atoms with E-state index in [9.17, 15) is 13.6 Å². The van der Waals surface area contributed by atoms with E-state index in [4.69, 9.17) is 4.74 Å². The summed E-state index contributed by atoms with van der Waals surface area (Å²) in [5, 5.41) is 6.95. The van der Waals surface area contributed by atoms with Gasteiger partial charge in [0.05, 0.1) is 17.7 Å². The zero-order valence-corrected chi connectivity index (χ0v) is 19.2. The van der Waals surface area contributed by atoms with E-state index in [1.165, 1.54) is 29.0 Å². The minimum Gasteiger partial charge on any atom is -0.378 e. The summed E-state index contributed by atoms with van der Waals surface area (Å²) in [6.07, 6.45) is 1.42. The SMILES string of the molecule is CO[C@@H]1[C@@H](NC(=O)c2ccsc2)c2ccccc2C12CCN(Cc1cc(F)ccc1F)CC2. The van der Waals surface area contributed by atoms with Crippen LogP contribution in [-0.2, 0) is 16.7 Å². The fourth-order valence-electron chi connectivity index (χ4n) is 5.56. The van der Waals surface area contributed by atoms with Crippen molar-refractivity contribution >= 4 is 17.2 Å². The van der Waals surface area contributed by atoms with Gasteiger partial charge >= 0.3 is 0 Å². The van der Waals surface area contributed by atoms with Crippen molar-refractivity contribution in [3.05, 3.63) is 93.2 Å². The molecule has 5 rings (SSSR count). The van der Waals surface area contributed by atoms with Gasteiger partial charge in [-0.25, -0.2) is 8.78 Å². The smallest absolute Gasteiger partial charge is 0.252 e. The predicted octanol–water partition coefficient (Wildman–Crippen LogP) is 5.06. The monoisotopic (exact) mass is 468 g/mol. The maximum atomic E-state index is 14.2. The van der Waals surface area contributed by atoms with Crippen molar-refractivity contribution in [1.82, 2.24) is 10.2 Å². The molecule has 2 aromatic carbocycles. The summed E-state index contributed by atoms with van der Waals surface area (Å²) in [7, 11) is 1.70. The molecule has 2 aliphatic rings. The molecule has 1 aliphatic heterocycles. The van der Waals surface area contributed by atoms with Crippen LogP contribution >= 0.6 is 11.3 Å². The lowest BCUT2D eigenvalue weighted by Crippen LogP contribution is -2.50. The maximum Gasteiger partial charge on any atom is 0.252 e. The van der Waals surface area contributed by atoms with Gasteiger partial charge in [-0.2, -0.15) is 11.3 Å². The molecule has 2 heterocycles. The third-order valence-electron chi connectivity index (χ3n) is 7.15. The first-order valence-corrected chi connectivity index (χ1v) is 12.1. The number of halogens is 2. The molecule has 0 unspecified atom stereocenters. The van der Waals surface area contributed by atoms with Crippen LogP contribution in [0.1, 0.15) is 45.9 Å². The van der Waals surface area contributed by atoms with Gasteiger partial charge in [0.2, 0.25) is 0 Å².